The van der Waals surface area contributed by atoms with E-state index in [2.05, 4.69) is 52.2 Å². The van der Waals surface area contributed by atoms with Crippen LogP contribution in [0.4, 0.5) is 0 Å². The highest BCUT2D eigenvalue weighted by Gasteiger charge is 2.13. The maximum Gasteiger partial charge on any atom is 0.248 e. The fourth-order valence-corrected chi connectivity index (χ4v) is 2.37. The Hall–Kier alpha value is -1.20. The minimum atomic E-state index is 0.146. The molecule has 0 aliphatic carbocycles. The zero-order chi connectivity index (χ0) is 15.5. The van der Waals surface area contributed by atoms with Gasteiger partial charge in [0.1, 0.15) is 0 Å². The van der Waals surface area contributed by atoms with Gasteiger partial charge in [0.05, 0.1) is 0 Å². The van der Waals surface area contributed by atoms with Crippen molar-refractivity contribution in [1.29, 1.82) is 0 Å². The molecule has 0 bridgehead atoms. The molecule has 2 aromatic rings. The van der Waals surface area contributed by atoms with Crippen LogP contribution < -0.4 is 5.32 Å². The quantitative estimate of drug-likeness (QED) is 0.822. The Labute approximate surface area is 134 Å². The van der Waals surface area contributed by atoms with Crippen LogP contribution in [0.2, 0.25) is 0 Å². The van der Waals surface area contributed by atoms with Crippen molar-refractivity contribution in [3.8, 4) is 11.5 Å². The van der Waals surface area contributed by atoms with Gasteiger partial charge in [-0.3, -0.25) is 0 Å². The van der Waals surface area contributed by atoms with Gasteiger partial charge in [-0.05, 0) is 58.4 Å². The molecule has 21 heavy (non-hydrogen) atoms. The van der Waals surface area contributed by atoms with E-state index in [-0.39, 0.29) is 5.54 Å². The van der Waals surface area contributed by atoms with Gasteiger partial charge < -0.3 is 9.73 Å². The summed E-state index contributed by atoms with van der Waals surface area (Å²) in [5.41, 5.74) is 2.24. The molecule has 0 amide bonds. The summed E-state index contributed by atoms with van der Waals surface area (Å²) in [6.07, 6.45) is 1.78. The second-order valence-corrected chi connectivity index (χ2v) is 7.05. The highest BCUT2D eigenvalue weighted by Crippen LogP contribution is 2.27. The van der Waals surface area contributed by atoms with Crippen LogP contribution in [-0.4, -0.2) is 22.3 Å². The predicted octanol–water partition coefficient (Wildman–Crippen LogP) is 4.13. The lowest BCUT2D eigenvalue weighted by molar-refractivity contribution is 0.412. The van der Waals surface area contributed by atoms with E-state index in [0.29, 0.717) is 11.8 Å². The number of hydrogen-bond donors (Lipinski definition) is 1. The summed E-state index contributed by atoms with van der Waals surface area (Å²) in [5, 5.41) is 11.7. The highest BCUT2D eigenvalue weighted by molar-refractivity contribution is 9.10. The maximum atomic E-state index is 5.77. The summed E-state index contributed by atoms with van der Waals surface area (Å²) >= 11 is 3.52. The zero-order valence-corrected chi connectivity index (χ0v) is 14.6. The van der Waals surface area contributed by atoms with Crippen LogP contribution in [0, 0.1) is 6.92 Å². The first-order valence-electron chi connectivity index (χ1n) is 7.20. The summed E-state index contributed by atoms with van der Waals surface area (Å²) in [5.74, 6) is 1.28. The van der Waals surface area contributed by atoms with Gasteiger partial charge in [0, 0.05) is 22.0 Å². The minimum absolute atomic E-state index is 0.146. The largest absolute Gasteiger partial charge is 0.421 e. The van der Waals surface area contributed by atoms with Gasteiger partial charge in [0.15, 0.2) is 0 Å². The molecule has 0 radical (unpaired) electrons. The van der Waals surface area contributed by atoms with E-state index in [9.17, 15) is 0 Å². The molecule has 2 rings (SSSR count). The average molecular weight is 352 g/mol. The first kappa shape index (κ1) is 16.2. The number of benzene rings is 1. The number of hydrogen-bond acceptors (Lipinski definition) is 4. The second-order valence-electron chi connectivity index (χ2n) is 6.19. The molecule has 0 spiro atoms. The van der Waals surface area contributed by atoms with Gasteiger partial charge in [0.2, 0.25) is 11.8 Å². The summed E-state index contributed by atoms with van der Waals surface area (Å²) in [6, 6.07) is 5.98. The Kier molecular flexibility index (Phi) is 5.17. The van der Waals surface area contributed by atoms with Crippen molar-refractivity contribution in [2.45, 2.75) is 46.1 Å². The molecule has 4 nitrogen and oxygen atoms in total. The third kappa shape index (κ3) is 4.64. The van der Waals surface area contributed by atoms with Crippen molar-refractivity contribution in [3.63, 3.8) is 0 Å². The average Bonchev–Trinajstić information content (AvgIpc) is 2.85. The number of halogens is 1. The molecule has 1 heterocycles. The van der Waals surface area contributed by atoms with Crippen LogP contribution in [0.15, 0.2) is 27.1 Å². The van der Waals surface area contributed by atoms with Gasteiger partial charge in [0.25, 0.3) is 0 Å². The normalized spacial score (nSPS) is 11.9. The van der Waals surface area contributed by atoms with Crippen LogP contribution in [0.1, 0.15) is 38.6 Å². The summed E-state index contributed by atoms with van der Waals surface area (Å²) < 4.78 is 6.82. The molecule has 0 aliphatic heterocycles. The van der Waals surface area contributed by atoms with Crippen LogP contribution in [-0.2, 0) is 6.42 Å². The summed E-state index contributed by atoms with van der Waals surface area (Å²) in [6.45, 7) is 9.46. The molecule has 0 aliphatic rings. The van der Waals surface area contributed by atoms with Gasteiger partial charge in [-0.2, -0.15) is 0 Å². The van der Waals surface area contributed by atoms with Gasteiger partial charge in [-0.1, -0.05) is 22.0 Å². The third-order valence-corrected chi connectivity index (χ3v) is 4.05. The van der Waals surface area contributed by atoms with Crippen molar-refractivity contribution >= 4 is 15.9 Å². The lowest BCUT2D eigenvalue weighted by atomic mass is 10.1. The van der Waals surface area contributed by atoms with Crippen LogP contribution in [0.3, 0.4) is 0 Å². The van der Waals surface area contributed by atoms with Crippen LogP contribution >= 0.6 is 15.9 Å². The molecule has 1 N–H and O–H groups in total. The molecule has 0 fully saturated rings. The fourth-order valence-electron chi connectivity index (χ4n) is 2.01. The highest BCUT2D eigenvalue weighted by atomic mass is 79.9. The van der Waals surface area contributed by atoms with Crippen LogP contribution in [0.25, 0.3) is 11.5 Å². The number of aryl methyl sites for hydroxylation is 1. The Balaban J connectivity index is 1.97. The molecule has 0 saturated carbocycles. The van der Waals surface area contributed by atoms with Gasteiger partial charge in [-0.25, -0.2) is 0 Å². The Morgan fingerprint density at radius 3 is 2.71 bits per heavy atom. The van der Waals surface area contributed by atoms with Crippen molar-refractivity contribution in [3.05, 3.63) is 34.1 Å². The van der Waals surface area contributed by atoms with Crippen molar-refractivity contribution in [1.82, 2.24) is 15.5 Å². The number of nitrogens with one attached hydrogen (secondary N) is 1. The number of aromatic nitrogens is 2. The van der Waals surface area contributed by atoms with E-state index in [1.807, 2.05) is 25.1 Å². The Bertz CT molecular complexity index is 602. The SMILES string of the molecule is Cc1c(Br)cccc1-c1nnc(CCCNC(C)(C)C)o1. The second kappa shape index (κ2) is 6.71. The summed E-state index contributed by atoms with van der Waals surface area (Å²) in [7, 11) is 0. The topological polar surface area (TPSA) is 51.0 Å². The molecule has 1 aromatic carbocycles. The third-order valence-electron chi connectivity index (χ3n) is 3.19. The summed E-state index contributed by atoms with van der Waals surface area (Å²) in [4.78, 5) is 0. The van der Waals surface area contributed by atoms with Crippen molar-refractivity contribution in [2.24, 2.45) is 0 Å². The standard InChI is InChI=1S/C16H22BrN3O/c1-11-12(7-5-8-13(11)17)15-20-19-14(21-15)9-6-10-18-16(2,3)4/h5,7-8,18H,6,9-10H2,1-4H3. The lowest BCUT2D eigenvalue weighted by Crippen LogP contribution is -2.36. The Morgan fingerprint density at radius 1 is 1.24 bits per heavy atom. The van der Waals surface area contributed by atoms with E-state index in [0.717, 1.165) is 35.0 Å². The molecule has 1 aromatic heterocycles. The molecular weight excluding hydrogens is 330 g/mol. The van der Waals surface area contributed by atoms with Crippen molar-refractivity contribution < 1.29 is 4.42 Å². The van der Waals surface area contributed by atoms with Crippen LogP contribution in [0.5, 0.6) is 0 Å². The van der Waals surface area contributed by atoms with E-state index in [4.69, 9.17) is 4.42 Å². The smallest absolute Gasteiger partial charge is 0.248 e. The van der Waals surface area contributed by atoms with Crippen molar-refractivity contribution in [2.75, 3.05) is 6.54 Å². The predicted molar refractivity (Wildman–Crippen MR) is 88.2 cm³/mol. The zero-order valence-electron chi connectivity index (χ0n) is 13.0. The first-order chi connectivity index (χ1) is 9.87. The Morgan fingerprint density at radius 2 is 2.00 bits per heavy atom. The first-order valence-corrected chi connectivity index (χ1v) is 7.99. The lowest BCUT2D eigenvalue weighted by Gasteiger charge is -2.19. The van der Waals surface area contributed by atoms with E-state index < -0.39 is 0 Å². The molecular formula is C16H22BrN3O. The number of nitrogens with zero attached hydrogens (tertiary/aromatic N) is 2. The maximum absolute atomic E-state index is 5.77. The van der Waals surface area contributed by atoms with E-state index in [1.54, 1.807) is 0 Å². The fraction of sp³-hybridized carbons (Fsp3) is 0.500. The number of rotatable bonds is 5. The van der Waals surface area contributed by atoms with Gasteiger partial charge in [-0.15, -0.1) is 10.2 Å². The monoisotopic (exact) mass is 351 g/mol. The minimum Gasteiger partial charge on any atom is -0.421 e. The molecule has 114 valence electrons. The molecule has 0 unspecified atom stereocenters. The molecule has 5 heteroatoms. The van der Waals surface area contributed by atoms with Gasteiger partial charge >= 0.3 is 0 Å². The molecule has 0 saturated heterocycles. The van der Waals surface area contributed by atoms with E-state index >= 15 is 0 Å². The molecule has 0 atom stereocenters. The van der Waals surface area contributed by atoms with E-state index in [1.165, 1.54) is 0 Å².